The Kier molecular flexibility index (Phi) is 6.08. The molecule has 3 nitrogen and oxygen atoms in total. The molecule has 19 heavy (non-hydrogen) atoms. The van der Waals surface area contributed by atoms with E-state index in [-0.39, 0.29) is 30.3 Å². The molecule has 1 rings (SSSR count). The fourth-order valence-corrected chi connectivity index (χ4v) is 1.96. The van der Waals surface area contributed by atoms with E-state index in [0.29, 0.717) is 0 Å². The first-order chi connectivity index (χ1) is 8.95. The molecule has 0 unspecified atom stereocenters. The number of hydrogen-bond donors (Lipinski definition) is 0. The van der Waals surface area contributed by atoms with Crippen molar-refractivity contribution in [2.45, 2.75) is 26.2 Å². The lowest BCUT2D eigenvalue weighted by Gasteiger charge is -2.05. The highest BCUT2D eigenvalue weighted by Crippen LogP contribution is 2.21. The van der Waals surface area contributed by atoms with Crippen LogP contribution in [-0.2, 0) is 9.53 Å². The average Bonchev–Trinajstić information content (AvgIpc) is 2.27. The summed E-state index contributed by atoms with van der Waals surface area (Å²) in [6, 6.07) is 2.06. The maximum atomic E-state index is 13.5. The summed E-state index contributed by atoms with van der Waals surface area (Å²) < 4.78 is 31.9. The van der Waals surface area contributed by atoms with Gasteiger partial charge in [-0.2, -0.15) is 0 Å². The van der Waals surface area contributed by atoms with Crippen LogP contribution in [0.15, 0.2) is 16.6 Å². The second-order valence-corrected chi connectivity index (χ2v) is 4.74. The van der Waals surface area contributed by atoms with Gasteiger partial charge in [-0.15, -0.1) is 0 Å². The zero-order chi connectivity index (χ0) is 14.4. The maximum absolute atomic E-state index is 13.5. The molecule has 0 amide bonds. The van der Waals surface area contributed by atoms with Crippen molar-refractivity contribution in [1.29, 1.82) is 0 Å². The minimum Gasteiger partial charge on any atom is -0.466 e. The van der Waals surface area contributed by atoms with Crippen LogP contribution in [0.5, 0.6) is 0 Å². The van der Waals surface area contributed by atoms with Crippen molar-refractivity contribution in [2.75, 3.05) is 6.61 Å². The Labute approximate surface area is 118 Å². The number of carbonyl (C=O) groups excluding carboxylic acids is 2. The van der Waals surface area contributed by atoms with Crippen molar-refractivity contribution in [3.63, 3.8) is 0 Å². The zero-order valence-electron chi connectivity index (χ0n) is 10.3. The predicted octanol–water partition coefficient (Wildman–Crippen LogP) is 3.64. The summed E-state index contributed by atoms with van der Waals surface area (Å²) in [5.74, 6) is -2.90. The Bertz CT molecular complexity index is 466. The fraction of sp³-hybridized carbons (Fsp3) is 0.385. The molecule has 0 spiro atoms. The second-order valence-electron chi connectivity index (χ2n) is 3.83. The monoisotopic (exact) mass is 334 g/mol. The molecule has 0 atom stereocenters. The molecule has 0 saturated heterocycles. The third-order valence-electron chi connectivity index (χ3n) is 2.38. The first-order valence-electron chi connectivity index (χ1n) is 5.79. The molecule has 0 fully saturated rings. The van der Waals surface area contributed by atoms with Crippen molar-refractivity contribution in [3.8, 4) is 0 Å². The summed E-state index contributed by atoms with van der Waals surface area (Å²) in [5, 5.41) is 0. The highest BCUT2D eigenvalue weighted by Gasteiger charge is 2.18. The molecule has 0 aromatic heterocycles. The Morgan fingerprint density at radius 3 is 2.32 bits per heavy atom. The van der Waals surface area contributed by atoms with Crippen LogP contribution in [-0.4, -0.2) is 18.4 Å². The zero-order valence-corrected chi connectivity index (χ0v) is 11.9. The van der Waals surface area contributed by atoms with Crippen LogP contribution in [0.1, 0.15) is 36.5 Å². The molecule has 0 heterocycles. The Hall–Kier alpha value is -1.30. The lowest BCUT2D eigenvalue weighted by Crippen LogP contribution is -2.08. The molecular formula is C13H13BrF2O3. The minimum absolute atomic E-state index is 0.0549. The van der Waals surface area contributed by atoms with E-state index < -0.39 is 29.0 Å². The third-order valence-corrected chi connectivity index (χ3v) is 2.83. The summed E-state index contributed by atoms with van der Waals surface area (Å²) in [6.45, 7) is 1.94. The van der Waals surface area contributed by atoms with Crippen LogP contribution in [0, 0.1) is 11.6 Å². The topological polar surface area (TPSA) is 43.4 Å². The molecule has 1 aromatic carbocycles. The number of ketones is 1. The smallest absolute Gasteiger partial charge is 0.305 e. The summed E-state index contributed by atoms with van der Waals surface area (Å²) in [5.41, 5.74) is -0.563. The second kappa shape index (κ2) is 7.33. The van der Waals surface area contributed by atoms with Gasteiger partial charge in [0.05, 0.1) is 12.2 Å². The van der Waals surface area contributed by atoms with Crippen molar-refractivity contribution >= 4 is 27.7 Å². The van der Waals surface area contributed by atoms with Crippen LogP contribution in [0.2, 0.25) is 0 Å². The van der Waals surface area contributed by atoms with Gasteiger partial charge in [0.15, 0.2) is 5.78 Å². The Morgan fingerprint density at radius 2 is 1.79 bits per heavy atom. The van der Waals surface area contributed by atoms with Crippen molar-refractivity contribution in [2.24, 2.45) is 0 Å². The van der Waals surface area contributed by atoms with Gasteiger partial charge in [-0.05, 0) is 25.5 Å². The Balaban J connectivity index is 2.62. The molecular weight excluding hydrogens is 322 g/mol. The molecule has 0 saturated carbocycles. The highest BCUT2D eigenvalue weighted by atomic mass is 79.9. The van der Waals surface area contributed by atoms with Gasteiger partial charge in [-0.25, -0.2) is 8.78 Å². The summed E-state index contributed by atoms with van der Waals surface area (Å²) >= 11 is 2.93. The van der Waals surface area contributed by atoms with Crippen molar-refractivity contribution in [1.82, 2.24) is 0 Å². The van der Waals surface area contributed by atoms with Gasteiger partial charge in [0, 0.05) is 17.3 Å². The van der Waals surface area contributed by atoms with Crippen LogP contribution in [0.4, 0.5) is 8.78 Å². The SMILES string of the molecule is CCOC(=O)CCCC(=O)c1c(F)cc(Br)cc1F. The van der Waals surface area contributed by atoms with E-state index in [2.05, 4.69) is 20.7 Å². The van der Waals surface area contributed by atoms with Crippen LogP contribution < -0.4 is 0 Å². The average molecular weight is 335 g/mol. The molecule has 0 aliphatic heterocycles. The normalized spacial score (nSPS) is 10.3. The first kappa shape index (κ1) is 15.8. The third kappa shape index (κ3) is 4.70. The molecule has 0 aliphatic rings. The summed E-state index contributed by atoms with van der Waals surface area (Å²) in [7, 11) is 0. The maximum Gasteiger partial charge on any atom is 0.305 e. The summed E-state index contributed by atoms with van der Waals surface area (Å²) in [4.78, 5) is 22.7. The molecule has 0 bridgehead atoms. The quantitative estimate of drug-likeness (QED) is 0.589. The molecule has 0 aliphatic carbocycles. The van der Waals surface area contributed by atoms with Crippen molar-refractivity contribution in [3.05, 3.63) is 33.8 Å². The number of carbonyl (C=O) groups is 2. The van der Waals surface area contributed by atoms with Gasteiger partial charge < -0.3 is 4.74 Å². The van der Waals surface area contributed by atoms with Gasteiger partial charge >= 0.3 is 5.97 Å². The van der Waals surface area contributed by atoms with Gasteiger partial charge in [0.1, 0.15) is 11.6 Å². The van der Waals surface area contributed by atoms with E-state index >= 15 is 0 Å². The summed E-state index contributed by atoms with van der Waals surface area (Å²) in [6.07, 6.45) is 0.153. The van der Waals surface area contributed by atoms with E-state index in [4.69, 9.17) is 0 Å². The number of Topliss-reactive ketones (excluding diaryl/α,β-unsaturated/α-hetero) is 1. The predicted molar refractivity (Wildman–Crippen MR) is 68.9 cm³/mol. The van der Waals surface area contributed by atoms with E-state index in [9.17, 15) is 18.4 Å². The molecule has 0 radical (unpaired) electrons. The van der Waals surface area contributed by atoms with Crippen LogP contribution in [0.3, 0.4) is 0 Å². The number of hydrogen-bond acceptors (Lipinski definition) is 3. The number of rotatable bonds is 6. The molecule has 6 heteroatoms. The number of esters is 1. The van der Waals surface area contributed by atoms with Gasteiger partial charge in [-0.1, -0.05) is 15.9 Å². The van der Waals surface area contributed by atoms with E-state index in [0.717, 1.165) is 12.1 Å². The van der Waals surface area contributed by atoms with E-state index in [1.54, 1.807) is 6.92 Å². The molecule has 104 valence electrons. The first-order valence-corrected chi connectivity index (χ1v) is 6.58. The van der Waals surface area contributed by atoms with Crippen LogP contribution in [0.25, 0.3) is 0 Å². The van der Waals surface area contributed by atoms with E-state index in [1.165, 1.54) is 0 Å². The van der Waals surface area contributed by atoms with Gasteiger partial charge in [-0.3, -0.25) is 9.59 Å². The largest absolute Gasteiger partial charge is 0.466 e. The van der Waals surface area contributed by atoms with E-state index in [1.807, 2.05) is 0 Å². The number of halogens is 3. The lowest BCUT2D eigenvalue weighted by atomic mass is 10.0. The minimum atomic E-state index is -0.909. The van der Waals surface area contributed by atoms with Gasteiger partial charge in [0.25, 0.3) is 0 Å². The fourth-order valence-electron chi connectivity index (χ4n) is 1.56. The van der Waals surface area contributed by atoms with Crippen molar-refractivity contribution < 1.29 is 23.1 Å². The Morgan fingerprint density at radius 1 is 1.21 bits per heavy atom. The molecule has 0 N–H and O–H groups in total. The highest BCUT2D eigenvalue weighted by molar-refractivity contribution is 9.10. The van der Waals surface area contributed by atoms with Crippen LogP contribution >= 0.6 is 15.9 Å². The number of ether oxygens (including phenoxy) is 1. The lowest BCUT2D eigenvalue weighted by molar-refractivity contribution is -0.143. The molecule has 1 aromatic rings. The van der Waals surface area contributed by atoms with Gasteiger partial charge in [0.2, 0.25) is 0 Å². The standard InChI is InChI=1S/C13H13BrF2O3/c1-2-19-12(18)5-3-4-11(17)13-9(15)6-8(14)7-10(13)16/h6-7H,2-5H2,1H3. The number of benzene rings is 1.